The predicted molar refractivity (Wildman–Crippen MR) is 92.6 cm³/mol. The summed E-state index contributed by atoms with van der Waals surface area (Å²) in [6.07, 6.45) is 5.59. The van der Waals surface area contributed by atoms with Crippen LogP contribution in [0.15, 0.2) is 0 Å². The van der Waals surface area contributed by atoms with Crippen molar-refractivity contribution in [1.82, 2.24) is 0 Å². The molecule has 7 heteroatoms. The topological polar surface area (TPSA) is 124 Å². The van der Waals surface area contributed by atoms with Gasteiger partial charge in [-0.3, -0.25) is 9.59 Å². The molecule has 0 aromatic carbocycles. The number of rotatable bonds is 8. The van der Waals surface area contributed by atoms with E-state index in [9.17, 15) is 24.9 Å². The van der Waals surface area contributed by atoms with Crippen LogP contribution in [0.5, 0.6) is 0 Å². The first-order chi connectivity index (χ1) is 10.8. The Morgan fingerprint density at radius 1 is 0.833 bits per heavy atom. The second-order valence-corrected chi connectivity index (χ2v) is 4.84. The smallest absolute Gasteiger partial charge is 0.854 e. The molecule has 0 aromatic rings. The van der Waals surface area contributed by atoms with Crippen LogP contribution in [0.25, 0.3) is 0 Å². The SMILES string of the molecule is CC(=O)C(C)C(=O)O.CCCC[O-].CCCC[O-].CCCC[O-].[Al+3]. The van der Waals surface area contributed by atoms with Crippen LogP contribution in [0.2, 0.25) is 0 Å². The Hall–Kier alpha value is -0.448. The molecule has 6 nitrogen and oxygen atoms in total. The summed E-state index contributed by atoms with van der Waals surface area (Å²) >= 11 is 0. The van der Waals surface area contributed by atoms with E-state index >= 15 is 0 Å². The Balaban J connectivity index is -0.0000000677. The van der Waals surface area contributed by atoms with E-state index in [4.69, 9.17) is 5.11 Å². The van der Waals surface area contributed by atoms with Gasteiger partial charge in [-0.15, -0.1) is 19.8 Å². The largest absolute Gasteiger partial charge is 3.00 e. The maximum Gasteiger partial charge on any atom is 3.00 e. The van der Waals surface area contributed by atoms with E-state index in [0.29, 0.717) is 0 Å². The number of ketones is 1. The summed E-state index contributed by atoms with van der Waals surface area (Å²) in [5.74, 6) is -2.22. The molecule has 0 aliphatic carbocycles. The fourth-order valence-corrected chi connectivity index (χ4v) is 0.607. The summed E-state index contributed by atoms with van der Waals surface area (Å²) in [6, 6.07) is 0. The number of unbranched alkanes of at least 4 members (excludes halogenated alkanes) is 3. The summed E-state index contributed by atoms with van der Waals surface area (Å²) in [4.78, 5) is 20.1. The molecule has 0 fully saturated rings. The van der Waals surface area contributed by atoms with Gasteiger partial charge < -0.3 is 20.4 Å². The number of carboxylic acid groups (broad SMARTS) is 1. The molecule has 1 atom stereocenters. The minimum absolute atomic E-state index is 0. The van der Waals surface area contributed by atoms with Crippen molar-refractivity contribution in [3.63, 3.8) is 0 Å². The van der Waals surface area contributed by atoms with E-state index in [0.717, 1.165) is 38.5 Å². The number of hydrogen-bond donors (Lipinski definition) is 1. The van der Waals surface area contributed by atoms with E-state index in [1.165, 1.54) is 13.8 Å². The average Bonchev–Trinajstić information content (AvgIpc) is 2.50. The summed E-state index contributed by atoms with van der Waals surface area (Å²) in [5, 5.41) is 36.7. The zero-order chi connectivity index (χ0) is 19.1. The van der Waals surface area contributed by atoms with Crippen molar-refractivity contribution < 1.29 is 30.0 Å². The Kier molecular flexibility index (Phi) is 49.3. The van der Waals surface area contributed by atoms with Gasteiger partial charge in [-0.25, -0.2) is 0 Å². The predicted octanol–water partition coefficient (Wildman–Crippen LogP) is 0.356. The molecular weight excluding hydrogens is 327 g/mol. The molecule has 1 unspecified atom stereocenters. The van der Waals surface area contributed by atoms with Crippen molar-refractivity contribution in [2.24, 2.45) is 5.92 Å². The Morgan fingerprint density at radius 2 is 1.08 bits per heavy atom. The van der Waals surface area contributed by atoms with E-state index in [1.807, 2.05) is 20.8 Å². The first kappa shape index (κ1) is 34.8. The molecule has 0 amide bonds. The molecular formula is C17H35AlO6. The van der Waals surface area contributed by atoms with Crippen molar-refractivity contribution in [3.05, 3.63) is 0 Å². The van der Waals surface area contributed by atoms with Crippen LogP contribution in [0.4, 0.5) is 0 Å². The van der Waals surface area contributed by atoms with Crippen molar-refractivity contribution in [2.75, 3.05) is 19.8 Å². The van der Waals surface area contributed by atoms with Gasteiger partial charge in [-0.05, 0) is 13.8 Å². The van der Waals surface area contributed by atoms with Gasteiger partial charge in [0.15, 0.2) is 0 Å². The molecule has 0 aliphatic heterocycles. The van der Waals surface area contributed by atoms with Crippen LogP contribution < -0.4 is 15.3 Å². The molecule has 0 spiro atoms. The van der Waals surface area contributed by atoms with Gasteiger partial charge in [-0.1, -0.05) is 59.3 Å². The van der Waals surface area contributed by atoms with Crippen molar-refractivity contribution >= 4 is 29.1 Å². The molecule has 0 bridgehead atoms. The molecule has 24 heavy (non-hydrogen) atoms. The third-order valence-corrected chi connectivity index (χ3v) is 2.47. The van der Waals surface area contributed by atoms with Gasteiger partial charge in [0.25, 0.3) is 0 Å². The fraction of sp³-hybridized carbons (Fsp3) is 0.882. The molecule has 0 heterocycles. The first-order valence-corrected chi connectivity index (χ1v) is 8.27. The number of carbonyl (C=O) groups excluding carboxylic acids is 1. The number of Topliss-reactive ketones (excluding diaryl/α,β-unsaturated/α-hetero) is 1. The van der Waals surface area contributed by atoms with Gasteiger partial charge in [0.1, 0.15) is 11.7 Å². The van der Waals surface area contributed by atoms with Gasteiger partial charge in [0.2, 0.25) is 0 Å². The quantitative estimate of drug-likeness (QED) is 0.491. The third-order valence-electron chi connectivity index (χ3n) is 2.47. The molecule has 1 N–H and O–H groups in total. The van der Waals surface area contributed by atoms with Crippen LogP contribution >= 0.6 is 0 Å². The molecule has 0 saturated heterocycles. The second-order valence-electron chi connectivity index (χ2n) is 4.84. The van der Waals surface area contributed by atoms with E-state index < -0.39 is 11.9 Å². The van der Waals surface area contributed by atoms with Crippen LogP contribution in [0.3, 0.4) is 0 Å². The summed E-state index contributed by atoms with van der Waals surface area (Å²) in [6.45, 7) is 8.95. The molecule has 0 rings (SSSR count). The van der Waals surface area contributed by atoms with Crippen molar-refractivity contribution in [1.29, 1.82) is 0 Å². The number of hydrogen-bond acceptors (Lipinski definition) is 5. The van der Waals surface area contributed by atoms with E-state index in [1.54, 1.807) is 0 Å². The van der Waals surface area contributed by atoms with Gasteiger partial charge in [0, 0.05) is 0 Å². The van der Waals surface area contributed by atoms with Crippen LogP contribution in [-0.2, 0) is 9.59 Å². The van der Waals surface area contributed by atoms with Gasteiger partial charge >= 0.3 is 23.3 Å². The van der Waals surface area contributed by atoms with Gasteiger partial charge in [0.05, 0.1) is 0 Å². The zero-order valence-corrected chi connectivity index (χ0v) is 17.2. The summed E-state index contributed by atoms with van der Waals surface area (Å²) in [5.41, 5.74) is 0. The summed E-state index contributed by atoms with van der Waals surface area (Å²) < 4.78 is 0. The molecule has 142 valence electrons. The van der Waals surface area contributed by atoms with Crippen LogP contribution in [0.1, 0.15) is 73.1 Å². The maximum atomic E-state index is 10.2. The minimum Gasteiger partial charge on any atom is -0.854 e. The Labute approximate surface area is 158 Å². The molecule has 0 radical (unpaired) electrons. The van der Waals surface area contributed by atoms with Crippen LogP contribution in [0, 0.1) is 5.92 Å². The summed E-state index contributed by atoms with van der Waals surface area (Å²) in [7, 11) is 0. The molecule has 0 aromatic heterocycles. The van der Waals surface area contributed by atoms with Crippen molar-refractivity contribution in [2.45, 2.75) is 73.1 Å². The normalized spacial score (nSPS) is 9.50. The monoisotopic (exact) mass is 362 g/mol. The average molecular weight is 362 g/mol. The third kappa shape index (κ3) is 49.6. The van der Waals surface area contributed by atoms with Gasteiger partial charge in [-0.2, -0.15) is 0 Å². The molecule has 0 aliphatic rings. The maximum absolute atomic E-state index is 10.2. The zero-order valence-electron chi connectivity index (χ0n) is 16.0. The fourth-order valence-electron chi connectivity index (χ4n) is 0.607. The van der Waals surface area contributed by atoms with Crippen LogP contribution in [-0.4, -0.2) is 54.0 Å². The molecule has 0 saturated carbocycles. The van der Waals surface area contributed by atoms with E-state index in [-0.39, 0.29) is 43.0 Å². The Morgan fingerprint density at radius 3 is 1.08 bits per heavy atom. The van der Waals surface area contributed by atoms with E-state index in [2.05, 4.69) is 0 Å². The number of carbonyl (C=O) groups is 2. The number of aliphatic carboxylic acids is 1. The number of carboxylic acids is 1. The standard InChI is InChI=1S/C5H8O3.3C4H9O.Al/c1-3(4(2)6)5(7)8;3*1-2-3-4-5;/h3H,1-2H3,(H,7,8);3*2-4H2,1H3;/q;3*-1;+3. The first-order valence-electron chi connectivity index (χ1n) is 8.27. The minimum atomic E-state index is -1.06. The second kappa shape index (κ2) is 34.0. The Bertz CT molecular complexity index is 203. The van der Waals surface area contributed by atoms with Crippen molar-refractivity contribution in [3.8, 4) is 0 Å².